The van der Waals surface area contributed by atoms with E-state index in [1.165, 1.54) is 22.9 Å². The first kappa shape index (κ1) is 24.0. The number of carbonyl (C=O) groups is 1. The summed E-state index contributed by atoms with van der Waals surface area (Å²) in [5, 5.41) is 3.31. The van der Waals surface area contributed by atoms with Crippen LogP contribution in [0.5, 0.6) is 17.2 Å². The van der Waals surface area contributed by atoms with Crippen molar-refractivity contribution in [2.24, 2.45) is 0 Å². The van der Waals surface area contributed by atoms with E-state index in [1.807, 2.05) is 42.5 Å². The van der Waals surface area contributed by atoms with E-state index >= 15 is 0 Å². The molecule has 0 aromatic heterocycles. The van der Waals surface area contributed by atoms with Gasteiger partial charge in [0.05, 0.1) is 11.6 Å². The standard InChI is InChI=1S/C29H31NO3S/c1-3-9-24-20-26(33-25-11-5-4-6-12-25)17-18-27(24)32-19-8-7-10-22-13-15-23(16-14-22)28-29(31)30-21(2)34-28/h4-6,11-18,20,28H,2-3,7-10,19H2,1H3,(H,30,31). The fraction of sp³-hybridized carbons (Fsp3) is 0.276. The number of thioether (sulfide) groups is 1. The van der Waals surface area contributed by atoms with E-state index < -0.39 is 0 Å². The lowest BCUT2D eigenvalue weighted by Gasteiger charge is -2.14. The second-order valence-electron chi connectivity index (χ2n) is 8.39. The van der Waals surface area contributed by atoms with E-state index in [9.17, 15) is 4.79 Å². The number of unbranched alkanes of at least 4 members (excludes halogenated alkanes) is 1. The van der Waals surface area contributed by atoms with Crippen molar-refractivity contribution in [3.05, 3.63) is 101 Å². The minimum Gasteiger partial charge on any atom is -0.493 e. The summed E-state index contributed by atoms with van der Waals surface area (Å²) in [7, 11) is 0. The van der Waals surface area contributed by atoms with Crippen LogP contribution in [0.25, 0.3) is 0 Å². The highest BCUT2D eigenvalue weighted by molar-refractivity contribution is 8.04. The van der Waals surface area contributed by atoms with E-state index in [2.05, 4.69) is 49.2 Å². The molecule has 1 atom stereocenters. The Morgan fingerprint density at radius 3 is 2.44 bits per heavy atom. The molecule has 5 heteroatoms. The van der Waals surface area contributed by atoms with E-state index in [4.69, 9.17) is 9.47 Å². The molecule has 1 saturated heterocycles. The van der Waals surface area contributed by atoms with Gasteiger partial charge in [0, 0.05) is 0 Å². The van der Waals surface area contributed by atoms with Gasteiger partial charge < -0.3 is 14.8 Å². The Kier molecular flexibility index (Phi) is 8.31. The zero-order valence-electron chi connectivity index (χ0n) is 19.6. The summed E-state index contributed by atoms with van der Waals surface area (Å²) in [5.41, 5.74) is 3.49. The molecule has 1 heterocycles. The van der Waals surface area contributed by atoms with Crippen molar-refractivity contribution in [1.82, 2.24) is 5.32 Å². The number of hydrogen-bond acceptors (Lipinski definition) is 4. The first-order chi connectivity index (χ1) is 16.6. The number of ether oxygens (including phenoxy) is 2. The van der Waals surface area contributed by atoms with Gasteiger partial charge in [0.25, 0.3) is 0 Å². The van der Waals surface area contributed by atoms with Crippen LogP contribution < -0.4 is 14.8 Å². The van der Waals surface area contributed by atoms with Crippen molar-refractivity contribution < 1.29 is 14.3 Å². The summed E-state index contributed by atoms with van der Waals surface area (Å²) < 4.78 is 12.1. The minimum atomic E-state index is -0.184. The largest absolute Gasteiger partial charge is 0.493 e. The van der Waals surface area contributed by atoms with Gasteiger partial charge in [-0.1, -0.05) is 74.1 Å². The molecule has 0 spiro atoms. The molecule has 1 amide bonds. The average molecular weight is 474 g/mol. The summed E-state index contributed by atoms with van der Waals surface area (Å²) in [5.74, 6) is 2.63. The molecular weight excluding hydrogens is 442 g/mol. The molecule has 0 saturated carbocycles. The van der Waals surface area contributed by atoms with Gasteiger partial charge in [-0.15, -0.1) is 0 Å². The van der Waals surface area contributed by atoms with Gasteiger partial charge >= 0.3 is 0 Å². The lowest BCUT2D eigenvalue weighted by Crippen LogP contribution is -2.16. The normalized spacial score (nSPS) is 15.3. The summed E-state index contributed by atoms with van der Waals surface area (Å²) in [6.07, 6.45) is 5.03. The van der Waals surface area contributed by atoms with Gasteiger partial charge in [-0.3, -0.25) is 4.79 Å². The molecule has 34 heavy (non-hydrogen) atoms. The molecule has 0 bridgehead atoms. The summed E-state index contributed by atoms with van der Waals surface area (Å²) in [6, 6.07) is 24.3. The number of aryl methyl sites for hydroxylation is 2. The second kappa shape index (κ2) is 11.8. The molecule has 4 rings (SSSR count). The lowest BCUT2D eigenvalue weighted by molar-refractivity contribution is -0.119. The number of benzene rings is 3. The van der Waals surface area contributed by atoms with Gasteiger partial charge in [-0.25, -0.2) is 0 Å². The average Bonchev–Trinajstić information content (AvgIpc) is 3.19. The first-order valence-corrected chi connectivity index (χ1v) is 12.7. The van der Waals surface area contributed by atoms with Gasteiger partial charge in [-0.05, 0) is 72.7 Å². The summed E-state index contributed by atoms with van der Waals surface area (Å²) in [4.78, 5) is 12.0. The van der Waals surface area contributed by atoms with Crippen molar-refractivity contribution in [2.75, 3.05) is 6.61 Å². The van der Waals surface area contributed by atoms with Crippen molar-refractivity contribution >= 4 is 17.7 Å². The fourth-order valence-corrected chi connectivity index (χ4v) is 4.87. The highest BCUT2D eigenvalue weighted by Gasteiger charge is 2.29. The Balaban J connectivity index is 1.24. The molecule has 0 radical (unpaired) electrons. The molecule has 1 fully saturated rings. The Labute approximate surface area is 206 Å². The summed E-state index contributed by atoms with van der Waals surface area (Å²) in [6.45, 7) is 6.69. The van der Waals surface area contributed by atoms with Crippen LogP contribution in [0.3, 0.4) is 0 Å². The van der Waals surface area contributed by atoms with Crippen LogP contribution >= 0.6 is 11.8 Å². The predicted octanol–water partition coefficient (Wildman–Crippen LogP) is 7.21. The fourth-order valence-electron chi connectivity index (χ4n) is 3.97. The van der Waals surface area contributed by atoms with Crippen LogP contribution in [-0.2, 0) is 17.6 Å². The number of amides is 1. The smallest absolute Gasteiger partial charge is 0.242 e. The molecule has 1 unspecified atom stereocenters. The molecule has 3 aromatic rings. The van der Waals surface area contributed by atoms with E-state index in [0.717, 1.165) is 59.9 Å². The lowest BCUT2D eigenvalue weighted by atomic mass is 10.0. The molecular formula is C29H31NO3S. The Morgan fingerprint density at radius 1 is 0.941 bits per heavy atom. The molecule has 0 aliphatic carbocycles. The van der Waals surface area contributed by atoms with Crippen LogP contribution in [0.4, 0.5) is 0 Å². The molecule has 1 N–H and O–H groups in total. The number of nitrogens with one attached hydrogen (secondary N) is 1. The third-order valence-electron chi connectivity index (χ3n) is 5.69. The van der Waals surface area contributed by atoms with Crippen molar-refractivity contribution in [3.63, 3.8) is 0 Å². The number of rotatable bonds is 11. The monoisotopic (exact) mass is 473 g/mol. The third kappa shape index (κ3) is 6.45. The van der Waals surface area contributed by atoms with Crippen molar-refractivity contribution in [1.29, 1.82) is 0 Å². The minimum absolute atomic E-state index is 0.0157. The van der Waals surface area contributed by atoms with Crippen LogP contribution in [0, 0.1) is 0 Å². The number of carbonyl (C=O) groups excluding carboxylic acids is 1. The highest BCUT2D eigenvalue weighted by Crippen LogP contribution is 2.38. The molecule has 4 nitrogen and oxygen atoms in total. The maximum absolute atomic E-state index is 12.0. The molecule has 1 aliphatic heterocycles. The third-order valence-corrected chi connectivity index (χ3v) is 6.80. The van der Waals surface area contributed by atoms with Gasteiger partial charge in [0.15, 0.2) is 0 Å². The maximum Gasteiger partial charge on any atom is 0.242 e. The predicted molar refractivity (Wildman–Crippen MR) is 139 cm³/mol. The van der Waals surface area contributed by atoms with Crippen molar-refractivity contribution in [2.45, 2.75) is 44.3 Å². The van der Waals surface area contributed by atoms with Gasteiger partial charge in [0.1, 0.15) is 22.5 Å². The molecule has 176 valence electrons. The zero-order chi connectivity index (χ0) is 23.8. The van der Waals surface area contributed by atoms with Crippen LogP contribution in [0.1, 0.15) is 48.1 Å². The Bertz CT molecular complexity index is 1110. The van der Waals surface area contributed by atoms with E-state index in [0.29, 0.717) is 6.61 Å². The molecule has 1 aliphatic rings. The number of para-hydroxylation sites is 1. The van der Waals surface area contributed by atoms with E-state index in [1.54, 1.807) is 0 Å². The highest BCUT2D eigenvalue weighted by atomic mass is 32.2. The van der Waals surface area contributed by atoms with Crippen LogP contribution in [-0.4, -0.2) is 12.5 Å². The maximum atomic E-state index is 12.0. The van der Waals surface area contributed by atoms with Gasteiger partial charge in [0.2, 0.25) is 5.91 Å². The van der Waals surface area contributed by atoms with E-state index in [-0.39, 0.29) is 11.2 Å². The Hall–Kier alpha value is -3.18. The SMILES string of the molecule is C=C1NC(=O)C(c2ccc(CCCCOc3ccc(Oc4ccccc4)cc3CCC)cc2)S1. The topological polar surface area (TPSA) is 47.6 Å². The van der Waals surface area contributed by atoms with Crippen LogP contribution in [0.2, 0.25) is 0 Å². The number of hydrogen-bond donors (Lipinski definition) is 1. The first-order valence-electron chi connectivity index (χ1n) is 11.9. The van der Waals surface area contributed by atoms with Crippen LogP contribution in [0.15, 0.2) is 84.4 Å². The molecule has 3 aromatic carbocycles. The Morgan fingerprint density at radius 2 is 1.74 bits per heavy atom. The van der Waals surface area contributed by atoms with Gasteiger partial charge in [-0.2, -0.15) is 0 Å². The second-order valence-corrected chi connectivity index (χ2v) is 9.59. The quantitative estimate of drug-likeness (QED) is 0.299. The zero-order valence-corrected chi connectivity index (χ0v) is 20.4. The van der Waals surface area contributed by atoms with Crippen molar-refractivity contribution in [3.8, 4) is 17.2 Å². The summed E-state index contributed by atoms with van der Waals surface area (Å²) >= 11 is 1.48.